The Bertz CT molecular complexity index is 452. The second-order valence-electron chi connectivity index (χ2n) is 4.12. The molecule has 0 fully saturated rings. The van der Waals surface area contributed by atoms with Gasteiger partial charge in [0.05, 0.1) is 3.79 Å². The lowest BCUT2D eigenvalue weighted by molar-refractivity contribution is 0.614. The van der Waals surface area contributed by atoms with Gasteiger partial charge < -0.3 is 5.73 Å². The van der Waals surface area contributed by atoms with Gasteiger partial charge in [-0.05, 0) is 52.9 Å². The number of hydrogen-bond acceptors (Lipinski definition) is 2. The zero-order valence-corrected chi connectivity index (χ0v) is 12.0. The smallest absolute Gasteiger partial charge is 0.0701 e. The van der Waals surface area contributed by atoms with Gasteiger partial charge in [0.25, 0.3) is 0 Å². The van der Waals surface area contributed by atoms with Crippen molar-refractivity contribution < 1.29 is 0 Å². The van der Waals surface area contributed by atoms with Crippen LogP contribution in [0, 0.1) is 0 Å². The van der Waals surface area contributed by atoms with Crippen molar-refractivity contribution in [2.24, 2.45) is 5.73 Å². The van der Waals surface area contributed by atoms with E-state index in [0.717, 1.165) is 19.3 Å². The Morgan fingerprint density at radius 1 is 1.12 bits per heavy atom. The van der Waals surface area contributed by atoms with Crippen molar-refractivity contribution in [3.05, 3.63) is 56.7 Å². The summed E-state index contributed by atoms with van der Waals surface area (Å²) in [6, 6.07) is 14.8. The molecule has 1 aromatic carbocycles. The molecule has 17 heavy (non-hydrogen) atoms. The fourth-order valence-corrected chi connectivity index (χ4v) is 3.37. The third-order valence-corrected chi connectivity index (χ3v) is 4.48. The van der Waals surface area contributed by atoms with E-state index in [4.69, 9.17) is 5.73 Å². The largest absolute Gasteiger partial charge is 0.324 e. The fraction of sp³-hybridized carbons (Fsp3) is 0.286. The second-order valence-corrected chi connectivity index (χ2v) is 6.66. The summed E-state index contributed by atoms with van der Waals surface area (Å²) >= 11 is 5.29. The maximum absolute atomic E-state index is 6.16. The lowest BCUT2D eigenvalue weighted by Crippen LogP contribution is -2.10. The van der Waals surface area contributed by atoms with Crippen LogP contribution in [0.3, 0.4) is 0 Å². The molecule has 0 bridgehead atoms. The highest BCUT2D eigenvalue weighted by Gasteiger charge is 2.05. The predicted molar refractivity (Wildman–Crippen MR) is 78.3 cm³/mol. The van der Waals surface area contributed by atoms with Gasteiger partial charge in [-0.2, -0.15) is 0 Å². The molecule has 2 rings (SSSR count). The topological polar surface area (TPSA) is 26.0 Å². The number of halogens is 1. The van der Waals surface area contributed by atoms with E-state index in [1.54, 1.807) is 0 Å². The highest BCUT2D eigenvalue weighted by molar-refractivity contribution is 9.11. The molecule has 2 aromatic rings. The van der Waals surface area contributed by atoms with Crippen molar-refractivity contribution in [1.29, 1.82) is 0 Å². The number of aryl methyl sites for hydroxylation is 1. The monoisotopic (exact) mass is 309 g/mol. The minimum atomic E-state index is 0.166. The summed E-state index contributed by atoms with van der Waals surface area (Å²) in [5, 5.41) is 0. The molecule has 1 atom stereocenters. The minimum absolute atomic E-state index is 0.166. The van der Waals surface area contributed by atoms with Gasteiger partial charge in [0, 0.05) is 10.9 Å². The number of rotatable bonds is 5. The molecule has 1 aromatic heterocycles. The molecule has 90 valence electrons. The van der Waals surface area contributed by atoms with Crippen LogP contribution in [0.5, 0.6) is 0 Å². The lowest BCUT2D eigenvalue weighted by Gasteiger charge is -2.11. The Morgan fingerprint density at radius 2 is 1.88 bits per heavy atom. The van der Waals surface area contributed by atoms with E-state index in [2.05, 4.69) is 40.2 Å². The number of hydrogen-bond donors (Lipinski definition) is 1. The van der Waals surface area contributed by atoms with Crippen LogP contribution in [-0.4, -0.2) is 0 Å². The Kier molecular flexibility index (Phi) is 4.77. The number of nitrogens with two attached hydrogens (primary N) is 1. The van der Waals surface area contributed by atoms with Crippen molar-refractivity contribution in [3.63, 3.8) is 0 Å². The summed E-state index contributed by atoms with van der Waals surface area (Å²) in [5.41, 5.74) is 7.39. The van der Waals surface area contributed by atoms with Gasteiger partial charge in [-0.3, -0.25) is 0 Å². The van der Waals surface area contributed by atoms with Gasteiger partial charge in [-0.15, -0.1) is 11.3 Å². The normalized spacial score (nSPS) is 12.6. The standard InChI is InChI=1S/C14H16BrNS/c15-14-10-9-12(17-14)7-4-8-13(16)11-5-2-1-3-6-11/h1-3,5-6,9-10,13H,4,7-8,16H2. The third kappa shape index (κ3) is 3.95. The van der Waals surface area contributed by atoms with Gasteiger partial charge in [0.1, 0.15) is 0 Å². The maximum atomic E-state index is 6.16. The van der Waals surface area contributed by atoms with E-state index in [-0.39, 0.29) is 6.04 Å². The predicted octanol–water partition coefficient (Wildman–Crippen LogP) is 4.53. The van der Waals surface area contributed by atoms with Crippen LogP contribution in [0.25, 0.3) is 0 Å². The van der Waals surface area contributed by atoms with Crippen molar-refractivity contribution >= 4 is 27.3 Å². The van der Waals surface area contributed by atoms with Crippen molar-refractivity contribution in [2.75, 3.05) is 0 Å². The molecule has 0 aliphatic heterocycles. The van der Waals surface area contributed by atoms with Gasteiger partial charge in [-0.1, -0.05) is 30.3 Å². The van der Waals surface area contributed by atoms with Crippen LogP contribution in [0.4, 0.5) is 0 Å². The van der Waals surface area contributed by atoms with Crippen molar-refractivity contribution in [2.45, 2.75) is 25.3 Å². The first-order valence-electron chi connectivity index (χ1n) is 5.80. The van der Waals surface area contributed by atoms with E-state index in [1.165, 1.54) is 14.2 Å². The second kappa shape index (κ2) is 6.34. The molecular formula is C14H16BrNS. The summed E-state index contributed by atoms with van der Waals surface area (Å²) in [6.45, 7) is 0. The summed E-state index contributed by atoms with van der Waals surface area (Å²) in [6.07, 6.45) is 3.30. The highest BCUT2D eigenvalue weighted by Crippen LogP contribution is 2.24. The average molecular weight is 310 g/mol. The molecule has 0 saturated heterocycles. The molecule has 0 aliphatic carbocycles. The summed E-state index contributed by atoms with van der Waals surface area (Å²) in [5.74, 6) is 0. The van der Waals surface area contributed by atoms with E-state index in [1.807, 2.05) is 29.5 Å². The van der Waals surface area contributed by atoms with E-state index < -0.39 is 0 Å². The van der Waals surface area contributed by atoms with Gasteiger partial charge >= 0.3 is 0 Å². The summed E-state index contributed by atoms with van der Waals surface area (Å²) in [7, 11) is 0. The lowest BCUT2D eigenvalue weighted by atomic mass is 10.0. The molecule has 2 N–H and O–H groups in total. The van der Waals surface area contributed by atoms with E-state index in [9.17, 15) is 0 Å². The SMILES string of the molecule is NC(CCCc1ccc(Br)s1)c1ccccc1. The van der Waals surface area contributed by atoms with Crippen molar-refractivity contribution in [3.8, 4) is 0 Å². The van der Waals surface area contributed by atoms with Crippen LogP contribution in [0.15, 0.2) is 46.3 Å². The van der Waals surface area contributed by atoms with E-state index in [0.29, 0.717) is 0 Å². The van der Waals surface area contributed by atoms with Crippen LogP contribution < -0.4 is 5.73 Å². The minimum Gasteiger partial charge on any atom is -0.324 e. The molecule has 0 radical (unpaired) electrons. The molecule has 0 aliphatic rings. The quantitative estimate of drug-likeness (QED) is 0.862. The van der Waals surface area contributed by atoms with Gasteiger partial charge in [-0.25, -0.2) is 0 Å². The van der Waals surface area contributed by atoms with Crippen LogP contribution in [0.1, 0.15) is 29.3 Å². The Hall–Kier alpha value is -0.640. The van der Waals surface area contributed by atoms with Crippen molar-refractivity contribution in [1.82, 2.24) is 0 Å². The van der Waals surface area contributed by atoms with Gasteiger partial charge in [0.2, 0.25) is 0 Å². The average Bonchev–Trinajstić information content (AvgIpc) is 2.76. The first kappa shape index (κ1) is 12.8. The molecule has 3 heteroatoms. The first-order valence-corrected chi connectivity index (χ1v) is 7.41. The molecule has 0 amide bonds. The molecular weight excluding hydrogens is 294 g/mol. The third-order valence-electron chi connectivity index (χ3n) is 2.79. The molecule has 0 saturated carbocycles. The molecule has 1 heterocycles. The number of thiophene rings is 1. The molecule has 1 unspecified atom stereocenters. The maximum Gasteiger partial charge on any atom is 0.0701 e. The zero-order valence-electron chi connectivity index (χ0n) is 9.60. The van der Waals surface area contributed by atoms with Crippen LogP contribution in [-0.2, 0) is 6.42 Å². The highest BCUT2D eigenvalue weighted by atomic mass is 79.9. The Labute approximate surface area is 115 Å². The number of benzene rings is 1. The van der Waals surface area contributed by atoms with E-state index >= 15 is 0 Å². The summed E-state index contributed by atoms with van der Waals surface area (Å²) < 4.78 is 1.21. The van der Waals surface area contributed by atoms with Crippen LogP contribution in [0.2, 0.25) is 0 Å². The van der Waals surface area contributed by atoms with Crippen LogP contribution >= 0.6 is 27.3 Å². The summed E-state index contributed by atoms with van der Waals surface area (Å²) in [4.78, 5) is 1.43. The fourth-order valence-electron chi connectivity index (χ4n) is 1.85. The first-order chi connectivity index (χ1) is 8.25. The molecule has 0 spiro atoms. The van der Waals surface area contributed by atoms with Gasteiger partial charge in [0.15, 0.2) is 0 Å². The Balaban J connectivity index is 1.79. The Morgan fingerprint density at radius 3 is 2.53 bits per heavy atom. The molecule has 1 nitrogen and oxygen atoms in total. The zero-order chi connectivity index (χ0) is 12.1.